The number of sulfonamides is 1. The van der Waals surface area contributed by atoms with Gasteiger partial charge in [-0.1, -0.05) is 18.2 Å². The third-order valence-electron chi connectivity index (χ3n) is 6.28. The van der Waals surface area contributed by atoms with Crippen LogP contribution in [0.5, 0.6) is 5.75 Å². The minimum absolute atomic E-state index is 0.0739. The Kier molecular flexibility index (Phi) is 5.17. The lowest BCUT2D eigenvalue weighted by atomic mass is 10.0. The molecule has 2 N–H and O–H groups in total. The maximum absolute atomic E-state index is 13.9. The summed E-state index contributed by atoms with van der Waals surface area (Å²) >= 11 is 0. The van der Waals surface area contributed by atoms with Crippen molar-refractivity contribution in [2.45, 2.75) is 23.7 Å². The molecule has 0 spiro atoms. The number of benzene rings is 2. The standard InChI is InChI=1S/C23H23FN2O5S/c24-16-4-7-20(14(11-16)3-1-8-26-9-2-10-26)32(29,30)25-19-6-5-17-18-12-15(18)13-31-22(17)21(19)23(27)28/h1,3-7,11,15,18,25H,2,8-10,12-13H2,(H,27,28)/b3-1-. The molecule has 2 aromatic carbocycles. The molecule has 3 aliphatic rings. The van der Waals surface area contributed by atoms with Crippen molar-refractivity contribution in [3.8, 4) is 5.75 Å². The molecule has 2 unspecified atom stereocenters. The van der Waals surface area contributed by atoms with Crippen LogP contribution in [0.2, 0.25) is 0 Å². The lowest BCUT2D eigenvalue weighted by Gasteiger charge is -2.29. The second-order valence-corrected chi connectivity index (χ2v) is 10.1. The molecule has 0 aromatic heterocycles. The van der Waals surface area contributed by atoms with Crippen molar-refractivity contribution in [3.05, 3.63) is 58.9 Å². The van der Waals surface area contributed by atoms with Crippen molar-refractivity contribution in [1.82, 2.24) is 4.90 Å². The highest BCUT2D eigenvalue weighted by atomic mass is 32.2. The van der Waals surface area contributed by atoms with E-state index < -0.39 is 21.8 Å². The van der Waals surface area contributed by atoms with Crippen LogP contribution < -0.4 is 9.46 Å². The van der Waals surface area contributed by atoms with Gasteiger partial charge in [0, 0.05) is 12.5 Å². The largest absolute Gasteiger partial charge is 0.492 e. The lowest BCUT2D eigenvalue weighted by Crippen LogP contribution is -2.36. The number of halogens is 1. The Morgan fingerprint density at radius 2 is 2.09 bits per heavy atom. The van der Waals surface area contributed by atoms with Crippen LogP contribution in [0.1, 0.15) is 40.2 Å². The summed E-state index contributed by atoms with van der Waals surface area (Å²) in [5, 5.41) is 9.80. The van der Waals surface area contributed by atoms with Crippen LogP contribution in [-0.4, -0.2) is 50.6 Å². The number of nitrogens with one attached hydrogen (secondary N) is 1. The Morgan fingerprint density at radius 3 is 2.81 bits per heavy atom. The number of hydrogen-bond donors (Lipinski definition) is 2. The number of carbonyl (C=O) groups is 1. The van der Waals surface area contributed by atoms with Crippen LogP contribution in [-0.2, 0) is 10.0 Å². The first-order chi connectivity index (χ1) is 15.3. The smallest absolute Gasteiger partial charge is 0.341 e. The Balaban J connectivity index is 1.48. The van der Waals surface area contributed by atoms with Crippen LogP contribution in [0.4, 0.5) is 10.1 Å². The molecule has 168 valence electrons. The van der Waals surface area contributed by atoms with Gasteiger partial charge in [-0.15, -0.1) is 0 Å². The van der Waals surface area contributed by atoms with Crippen LogP contribution in [0.25, 0.3) is 6.08 Å². The fraction of sp³-hybridized carbons (Fsp3) is 0.348. The van der Waals surface area contributed by atoms with Gasteiger partial charge in [-0.05, 0) is 67.2 Å². The summed E-state index contributed by atoms with van der Waals surface area (Å²) in [4.78, 5) is 14.1. The first-order valence-electron chi connectivity index (χ1n) is 10.6. The monoisotopic (exact) mass is 458 g/mol. The Hall–Kier alpha value is -2.91. The molecule has 1 saturated heterocycles. The Morgan fingerprint density at radius 1 is 1.28 bits per heavy atom. The van der Waals surface area contributed by atoms with Gasteiger partial charge in [0.1, 0.15) is 17.1 Å². The average molecular weight is 459 g/mol. The van der Waals surface area contributed by atoms with Gasteiger partial charge < -0.3 is 9.84 Å². The number of nitrogens with zero attached hydrogens (tertiary/aromatic N) is 1. The number of likely N-dealkylation sites (tertiary alicyclic amines) is 1. The number of ether oxygens (including phenoxy) is 1. The van der Waals surface area contributed by atoms with Crippen LogP contribution in [0.15, 0.2) is 41.3 Å². The van der Waals surface area contributed by atoms with Gasteiger partial charge in [-0.2, -0.15) is 0 Å². The van der Waals surface area contributed by atoms with Crippen molar-refractivity contribution < 1.29 is 27.4 Å². The van der Waals surface area contributed by atoms with E-state index in [4.69, 9.17) is 4.74 Å². The molecule has 9 heteroatoms. The molecule has 32 heavy (non-hydrogen) atoms. The molecule has 2 fully saturated rings. The van der Waals surface area contributed by atoms with Gasteiger partial charge in [0.05, 0.1) is 17.2 Å². The van der Waals surface area contributed by atoms with Gasteiger partial charge >= 0.3 is 5.97 Å². The van der Waals surface area contributed by atoms with Crippen molar-refractivity contribution in [2.75, 3.05) is 31.0 Å². The van der Waals surface area contributed by atoms with E-state index in [-0.39, 0.29) is 33.4 Å². The maximum atomic E-state index is 13.9. The minimum atomic E-state index is -4.19. The second kappa shape index (κ2) is 7.90. The zero-order valence-electron chi connectivity index (χ0n) is 17.3. The highest BCUT2D eigenvalue weighted by Crippen LogP contribution is 2.55. The summed E-state index contributed by atoms with van der Waals surface area (Å²) < 4.78 is 48.3. The van der Waals surface area contributed by atoms with E-state index in [2.05, 4.69) is 9.62 Å². The van der Waals surface area contributed by atoms with Crippen LogP contribution >= 0.6 is 0 Å². The van der Waals surface area contributed by atoms with E-state index in [0.717, 1.165) is 43.6 Å². The third kappa shape index (κ3) is 3.86. The maximum Gasteiger partial charge on any atom is 0.341 e. The Bertz CT molecular complexity index is 1220. The molecule has 2 heterocycles. The van der Waals surface area contributed by atoms with Gasteiger partial charge in [-0.3, -0.25) is 9.62 Å². The Labute approximate surface area is 185 Å². The van der Waals surface area contributed by atoms with Crippen molar-refractivity contribution in [1.29, 1.82) is 0 Å². The lowest BCUT2D eigenvalue weighted by molar-refractivity contribution is 0.0692. The summed E-state index contributed by atoms with van der Waals surface area (Å²) in [6, 6.07) is 6.60. The molecular weight excluding hydrogens is 435 g/mol. The van der Waals surface area contributed by atoms with Gasteiger partial charge in [0.15, 0.2) is 0 Å². The van der Waals surface area contributed by atoms with Crippen molar-refractivity contribution in [3.63, 3.8) is 0 Å². The summed E-state index contributed by atoms with van der Waals surface area (Å²) in [6.45, 7) is 3.05. The highest BCUT2D eigenvalue weighted by molar-refractivity contribution is 7.92. The molecule has 5 rings (SSSR count). The molecule has 2 aliphatic heterocycles. The molecule has 1 saturated carbocycles. The predicted octanol–water partition coefficient (Wildman–Crippen LogP) is 3.54. The van der Waals surface area contributed by atoms with Crippen LogP contribution in [0.3, 0.4) is 0 Å². The van der Waals surface area contributed by atoms with E-state index in [0.29, 0.717) is 19.1 Å². The highest BCUT2D eigenvalue weighted by Gasteiger charge is 2.45. The zero-order valence-corrected chi connectivity index (χ0v) is 18.1. The number of aromatic carboxylic acids is 1. The van der Waals surface area contributed by atoms with Gasteiger partial charge in [0.25, 0.3) is 10.0 Å². The number of anilines is 1. The first-order valence-corrected chi connectivity index (χ1v) is 12.1. The molecule has 7 nitrogen and oxygen atoms in total. The fourth-order valence-electron chi connectivity index (χ4n) is 4.33. The van der Waals surface area contributed by atoms with E-state index in [9.17, 15) is 22.7 Å². The molecule has 1 aliphatic carbocycles. The first kappa shape index (κ1) is 21.0. The average Bonchev–Trinajstić information content (AvgIpc) is 3.49. The molecule has 0 amide bonds. The number of rotatable bonds is 7. The minimum Gasteiger partial charge on any atom is -0.492 e. The third-order valence-corrected chi connectivity index (χ3v) is 7.72. The molecular formula is C23H23FN2O5S. The van der Waals surface area contributed by atoms with Crippen molar-refractivity contribution in [2.24, 2.45) is 5.92 Å². The molecule has 0 bridgehead atoms. The van der Waals surface area contributed by atoms with E-state index in [1.165, 1.54) is 12.1 Å². The summed E-state index contributed by atoms with van der Waals surface area (Å²) in [7, 11) is -4.19. The normalized spacial score (nSPS) is 21.9. The predicted molar refractivity (Wildman–Crippen MR) is 117 cm³/mol. The number of hydrogen-bond acceptors (Lipinski definition) is 5. The number of fused-ring (bicyclic) bond motifs is 3. The van der Waals surface area contributed by atoms with Crippen molar-refractivity contribution >= 4 is 27.8 Å². The molecule has 2 aromatic rings. The fourth-order valence-corrected chi connectivity index (χ4v) is 5.59. The molecule has 0 radical (unpaired) electrons. The van der Waals surface area contributed by atoms with E-state index in [1.807, 2.05) is 0 Å². The van der Waals surface area contributed by atoms with E-state index >= 15 is 0 Å². The van der Waals surface area contributed by atoms with Gasteiger partial charge in [0.2, 0.25) is 0 Å². The molecule has 2 atom stereocenters. The van der Waals surface area contributed by atoms with Gasteiger partial charge in [-0.25, -0.2) is 17.6 Å². The quantitative estimate of drug-likeness (QED) is 0.659. The van der Waals surface area contributed by atoms with Crippen LogP contribution in [0, 0.1) is 11.7 Å². The summed E-state index contributed by atoms with van der Waals surface area (Å²) in [5.74, 6) is -0.933. The number of carboxylic acids is 1. The zero-order chi connectivity index (χ0) is 22.5. The summed E-state index contributed by atoms with van der Waals surface area (Å²) in [6.07, 6.45) is 5.46. The van der Waals surface area contributed by atoms with E-state index in [1.54, 1.807) is 18.2 Å². The topological polar surface area (TPSA) is 95.9 Å². The summed E-state index contributed by atoms with van der Waals surface area (Å²) in [5.41, 5.74) is 0.728. The SMILES string of the molecule is O=C(O)c1c(NS(=O)(=O)c2ccc(F)cc2/C=C\CN2CCC2)ccc2c1OCC1CC21. The number of carboxylic acid groups (broad SMARTS) is 1. The second-order valence-electron chi connectivity index (χ2n) is 8.47.